The van der Waals surface area contributed by atoms with Gasteiger partial charge in [-0.25, -0.2) is 9.13 Å². The van der Waals surface area contributed by atoms with E-state index in [1.54, 1.807) is 0 Å². The molecule has 0 spiro atoms. The predicted octanol–water partition coefficient (Wildman–Crippen LogP) is 22.9. The van der Waals surface area contributed by atoms with Gasteiger partial charge < -0.3 is 33.8 Å². The molecule has 0 saturated carbocycles. The fourth-order valence-corrected chi connectivity index (χ4v) is 11.7. The Kier molecular flexibility index (Phi) is 71.0. The zero-order valence-corrected chi connectivity index (χ0v) is 65.5. The molecule has 3 N–H and O–H groups in total. The molecule has 102 heavy (non-hydrogen) atoms. The Balaban J connectivity index is 5.43. The maximum absolute atomic E-state index is 13.1. The van der Waals surface area contributed by atoms with Gasteiger partial charge in [0.1, 0.15) is 19.3 Å². The number of hydrogen-bond donors (Lipinski definition) is 3. The number of aliphatic hydroxyl groups excluding tert-OH is 1. The number of carbonyl (C=O) groups excluding carboxylic acids is 4. The standard InChI is InChI=1S/C83H140O17P2/c1-5-9-13-17-21-25-29-33-36-38-41-44-47-51-55-59-63-67-80(85)93-73-78(99-82(87)69-65-61-57-53-49-43-32-28-24-20-16-12-8-4)75-97-101(89,90)95-71-77(84)72-96-102(91,92)98-76-79(100-83(88)70-66-62-58-54-50-46-40-35-31-27-23-19-15-11-7-3)74-94-81(86)68-64-60-56-52-48-45-42-39-37-34-30-26-22-18-14-10-6-2/h9-10,13-14,21-22,25-26,28,32-37,40-42,44-45,52,56,77-79,84H,5-8,11-12,15-20,23-24,27,29-31,38-39,43,46-51,53-55,57-76H2,1-4H3,(H,89,90)(H,91,92)/b13-9-,14-10-,25-21-,26-22-,32-28-,36-33-,37-34-,40-35-,44-41-,45-42-,56-52-. The lowest BCUT2D eigenvalue weighted by atomic mass is 10.1. The van der Waals surface area contributed by atoms with Crippen LogP contribution in [0.2, 0.25) is 0 Å². The highest BCUT2D eigenvalue weighted by molar-refractivity contribution is 7.47. The number of rotatable bonds is 73. The summed E-state index contributed by atoms with van der Waals surface area (Å²) in [6, 6.07) is 0. The van der Waals surface area contributed by atoms with Gasteiger partial charge in [0.05, 0.1) is 26.4 Å². The largest absolute Gasteiger partial charge is 0.472 e. The molecule has 19 heteroatoms. The number of aliphatic hydroxyl groups is 1. The molecular weight excluding hydrogens is 1330 g/mol. The molecule has 17 nitrogen and oxygen atoms in total. The van der Waals surface area contributed by atoms with Crippen molar-refractivity contribution in [2.24, 2.45) is 0 Å². The minimum absolute atomic E-state index is 0.0699. The molecule has 0 saturated heterocycles. The maximum atomic E-state index is 13.1. The zero-order chi connectivity index (χ0) is 74.6. The summed E-state index contributed by atoms with van der Waals surface area (Å²) in [5, 5.41) is 10.6. The van der Waals surface area contributed by atoms with Gasteiger partial charge in [-0.2, -0.15) is 0 Å². The molecule has 0 bridgehead atoms. The summed E-state index contributed by atoms with van der Waals surface area (Å²) in [4.78, 5) is 72.9. The van der Waals surface area contributed by atoms with E-state index in [-0.39, 0.29) is 25.7 Å². The van der Waals surface area contributed by atoms with Crippen molar-refractivity contribution in [2.45, 2.75) is 329 Å². The number of carbonyl (C=O) groups is 4. The van der Waals surface area contributed by atoms with Gasteiger partial charge in [-0.05, 0) is 154 Å². The average molecular weight is 1470 g/mol. The van der Waals surface area contributed by atoms with Crippen LogP contribution in [0.25, 0.3) is 0 Å². The Morgan fingerprint density at radius 3 is 0.843 bits per heavy atom. The van der Waals surface area contributed by atoms with Crippen LogP contribution in [0.1, 0.15) is 310 Å². The van der Waals surface area contributed by atoms with E-state index in [9.17, 15) is 43.2 Å². The first-order valence-electron chi connectivity index (χ1n) is 39.4. The zero-order valence-electron chi connectivity index (χ0n) is 63.7. The van der Waals surface area contributed by atoms with Gasteiger partial charge in [0.15, 0.2) is 12.2 Å². The molecule has 0 aromatic rings. The van der Waals surface area contributed by atoms with Crippen LogP contribution in [0.5, 0.6) is 0 Å². The van der Waals surface area contributed by atoms with E-state index in [1.807, 2.05) is 12.2 Å². The summed E-state index contributed by atoms with van der Waals surface area (Å²) in [5.41, 5.74) is 0. The van der Waals surface area contributed by atoms with E-state index in [1.165, 1.54) is 64.2 Å². The van der Waals surface area contributed by atoms with Crippen LogP contribution in [0.4, 0.5) is 0 Å². The number of esters is 4. The van der Waals surface area contributed by atoms with E-state index in [0.29, 0.717) is 32.1 Å². The SMILES string of the molecule is CC/C=C\C/C=C\C/C=C\C/C=C\C/C=C\CCCC(=O)OCC(COP(=O)(O)OCC(O)COP(=O)(O)OCC(COC(=O)CCCCCC/C=C\C/C=C\C/C=C\C/C=C\CC)OC(=O)CCCCCCC/C=C\CCCCCC)OC(=O)CCCCCCC/C=C\CCCCCCCC. The van der Waals surface area contributed by atoms with Crippen LogP contribution in [0.15, 0.2) is 134 Å². The lowest BCUT2D eigenvalue weighted by Crippen LogP contribution is -2.30. The van der Waals surface area contributed by atoms with Crippen LogP contribution < -0.4 is 0 Å². The van der Waals surface area contributed by atoms with Gasteiger partial charge in [-0.1, -0.05) is 264 Å². The normalized spacial score (nSPS) is 14.6. The molecule has 5 unspecified atom stereocenters. The van der Waals surface area contributed by atoms with Crippen LogP contribution >= 0.6 is 15.6 Å². The third kappa shape index (κ3) is 73.5. The molecule has 0 fully saturated rings. The highest BCUT2D eigenvalue weighted by Gasteiger charge is 2.30. The Labute approximate surface area is 618 Å². The third-order valence-electron chi connectivity index (χ3n) is 16.1. The average Bonchev–Trinajstić information content (AvgIpc) is 0.939. The van der Waals surface area contributed by atoms with E-state index < -0.39 is 97.5 Å². The maximum Gasteiger partial charge on any atom is 0.472 e. The smallest absolute Gasteiger partial charge is 0.462 e. The van der Waals surface area contributed by atoms with E-state index >= 15 is 0 Å². The summed E-state index contributed by atoms with van der Waals surface area (Å²) in [7, 11) is -9.98. The van der Waals surface area contributed by atoms with E-state index in [2.05, 4.69) is 149 Å². The monoisotopic (exact) mass is 1470 g/mol. The molecular formula is C83H140O17P2. The Bertz CT molecular complexity index is 2460. The number of allylic oxidation sites excluding steroid dienone is 22. The van der Waals surface area contributed by atoms with Gasteiger partial charge in [0.25, 0.3) is 0 Å². The minimum atomic E-state index is -4.99. The van der Waals surface area contributed by atoms with Gasteiger partial charge in [0, 0.05) is 25.7 Å². The second kappa shape index (κ2) is 74.5. The van der Waals surface area contributed by atoms with Crippen molar-refractivity contribution in [3.8, 4) is 0 Å². The van der Waals surface area contributed by atoms with Crippen molar-refractivity contribution in [2.75, 3.05) is 39.6 Å². The number of unbranched alkanes of at least 4 members (excludes halogenated alkanes) is 25. The fourth-order valence-electron chi connectivity index (χ4n) is 10.1. The summed E-state index contributed by atoms with van der Waals surface area (Å²) in [6.45, 7) is 4.52. The first-order chi connectivity index (χ1) is 49.7. The Morgan fingerprint density at radius 2 is 0.520 bits per heavy atom. The number of hydrogen-bond acceptors (Lipinski definition) is 15. The molecule has 0 aliphatic rings. The van der Waals surface area contributed by atoms with Crippen molar-refractivity contribution in [3.05, 3.63) is 134 Å². The molecule has 0 aromatic carbocycles. The molecule has 584 valence electrons. The van der Waals surface area contributed by atoms with Gasteiger partial charge in [-0.3, -0.25) is 37.3 Å². The molecule has 0 aromatic heterocycles. The van der Waals surface area contributed by atoms with Crippen LogP contribution in [-0.2, 0) is 65.4 Å². The van der Waals surface area contributed by atoms with Crippen LogP contribution in [0, 0.1) is 0 Å². The molecule has 0 aliphatic carbocycles. The molecule has 0 heterocycles. The molecule has 0 amide bonds. The predicted molar refractivity (Wildman–Crippen MR) is 418 cm³/mol. The van der Waals surface area contributed by atoms with Crippen molar-refractivity contribution in [1.29, 1.82) is 0 Å². The Hall–Kier alpha value is -4.80. The first kappa shape index (κ1) is 97.2. The number of ether oxygens (including phenoxy) is 4. The van der Waals surface area contributed by atoms with Gasteiger partial charge in [0.2, 0.25) is 0 Å². The van der Waals surface area contributed by atoms with E-state index in [0.717, 1.165) is 161 Å². The summed E-state index contributed by atoms with van der Waals surface area (Å²) in [6.07, 6.45) is 83.0. The van der Waals surface area contributed by atoms with Crippen molar-refractivity contribution < 1.29 is 80.2 Å². The summed E-state index contributed by atoms with van der Waals surface area (Å²) >= 11 is 0. The molecule has 0 aliphatic heterocycles. The lowest BCUT2D eigenvalue weighted by Gasteiger charge is -2.21. The second-order valence-electron chi connectivity index (χ2n) is 25.9. The summed E-state index contributed by atoms with van der Waals surface area (Å²) < 4.78 is 68.5. The number of phosphoric acid groups is 2. The van der Waals surface area contributed by atoms with Crippen molar-refractivity contribution >= 4 is 39.5 Å². The quantitative estimate of drug-likeness (QED) is 0.0169. The van der Waals surface area contributed by atoms with Crippen LogP contribution in [-0.4, -0.2) is 96.7 Å². The van der Waals surface area contributed by atoms with Gasteiger partial charge in [-0.15, -0.1) is 0 Å². The molecule has 0 rings (SSSR count). The minimum Gasteiger partial charge on any atom is -0.462 e. The third-order valence-corrected chi connectivity index (χ3v) is 18.0. The topological polar surface area (TPSA) is 237 Å². The Morgan fingerprint density at radius 1 is 0.284 bits per heavy atom. The first-order valence-corrected chi connectivity index (χ1v) is 42.4. The molecule has 0 radical (unpaired) electrons. The lowest BCUT2D eigenvalue weighted by molar-refractivity contribution is -0.161. The fraction of sp³-hybridized carbons (Fsp3) is 0.687. The van der Waals surface area contributed by atoms with E-state index in [4.69, 9.17) is 37.0 Å². The van der Waals surface area contributed by atoms with Gasteiger partial charge >= 0.3 is 39.5 Å². The summed E-state index contributed by atoms with van der Waals surface area (Å²) in [5.74, 6) is -2.29. The molecule has 5 atom stereocenters. The highest BCUT2D eigenvalue weighted by Crippen LogP contribution is 2.45. The number of phosphoric ester groups is 2. The van der Waals surface area contributed by atoms with Crippen molar-refractivity contribution in [3.63, 3.8) is 0 Å². The highest BCUT2D eigenvalue weighted by atomic mass is 31.2. The second-order valence-corrected chi connectivity index (χ2v) is 28.8. The van der Waals surface area contributed by atoms with Crippen molar-refractivity contribution in [1.82, 2.24) is 0 Å². The van der Waals surface area contributed by atoms with Crippen LogP contribution in [0.3, 0.4) is 0 Å².